The summed E-state index contributed by atoms with van der Waals surface area (Å²) in [5.41, 5.74) is 0.640. The summed E-state index contributed by atoms with van der Waals surface area (Å²) < 4.78 is 30.5. The van der Waals surface area contributed by atoms with Crippen molar-refractivity contribution >= 4 is 23.4 Å². The van der Waals surface area contributed by atoms with E-state index in [1.54, 1.807) is 17.9 Å². The van der Waals surface area contributed by atoms with E-state index in [4.69, 9.17) is 4.74 Å². The fourth-order valence-corrected chi connectivity index (χ4v) is 4.58. The summed E-state index contributed by atoms with van der Waals surface area (Å²) in [5.74, 6) is -0.0793. The van der Waals surface area contributed by atoms with E-state index in [-0.39, 0.29) is 10.8 Å². The topological polar surface area (TPSA) is 101 Å². The quantitative estimate of drug-likeness (QED) is 0.308. The van der Waals surface area contributed by atoms with Gasteiger partial charge in [0.05, 0.1) is 16.8 Å². The molecule has 1 aliphatic rings. The number of amides is 1. The number of ether oxygens (including phenoxy) is 1. The summed E-state index contributed by atoms with van der Waals surface area (Å²) in [6.07, 6.45) is -3.04. The summed E-state index contributed by atoms with van der Waals surface area (Å²) >= 11 is 1.22. The van der Waals surface area contributed by atoms with Crippen LogP contribution < -0.4 is 15.4 Å². The second-order valence-corrected chi connectivity index (χ2v) is 8.87. The first-order valence-corrected chi connectivity index (χ1v) is 11.6. The Morgan fingerprint density at radius 3 is 2.64 bits per heavy atom. The number of alkyl halides is 2. The number of likely N-dealkylation sites (N-methyl/N-ethyl adjacent to an activating group) is 1. The van der Waals surface area contributed by atoms with E-state index in [0.29, 0.717) is 31.1 Å². The van der Waals surface area contributed by atoms with Gasteiger partial charge in [0.2, 0.25) is 0 Å². The van der Waals surface area contributed by atoms with Crippen LogP contribution >= 0.6 is 11.8 Å². The number of nitrogens with zero attached hydrogens (tertiary/aromatic N) is 3. The zero-order chi connectivity index (χ0) is 24.4. The number of rotatable bonds is 12. The molecule has 1 heterocycles. The fraction of sp³-hybridized carbons (Fsp3) is 0.545. The molecular formula is C22H31F2N5O3S. The Bertz CT molecular complexity index is 845. The van der Waals surface area contributed by atoms with Gasteiger partial charge in [0, 0.05) is 25.3 Å². The van der Waals surface area contributed by atoms with Gasteiger partial charge in [-0.3, -0.25) is 4.79 Å². The van der Waals surface area contributed by atoms with Gasteiger partial charge in [0.15, 0.2) is 0 Å². The van der Waals surface area contributed by atoms with Crippen LogP contribution in [0.25, 0.3) is 0 Å². The van der Waals surface area contributed by atoms with Crippen molar-refractivity contribution in [1.82, 2.24) is 15.1 Å². The Hall–Kier alpha value is -2.55. The van der Waals surface area contributed by atoms with Crippen molar-refractivity contribution in [3.63, 3.8) is 0 Å². The fourth-order valence-electron chi connectivity index (χ4n) is 3.16. The molecule has 33 heavy (non-hydrogen) atoms. The van der Waals surface area contributed by atoms with Gasteiger partial charge in [-0.1, -0.05) is 11.8 Å². The molecule has 0 bridgehead atoms. The molecule has 11 heteroatoms. The number of benzene rings is 1. The molecule has 1 saturated heterocycles. The number of aliphatic hydroxyl groups excluding tert-OH is 1. The highest BCUT2D eigenvalue weighted by Crippen LogP contribution is 2.41. The van der Waals surface area contributed by atoms with Gasteiger partial charge < -0.3 is 30.3 Å². The number of hydrogen-bond donors (Lipinski definition) is 3. The standard InChI is InChI=1S/C22H31F2N5O3S/c1-4-29-21(31)18(33-22(29)17(13-25)20(30)27-14-19(23)24)9-10-26-15-5-7-16(8-6-15)32-12-11-28(2)3/h5-8,18-19,21,26,31H,4,9-12,14H2,1-3H3,(H,27,30)/b22-17-. The number of anilines is 1. The van der Waals surface area contributed by atoms with Crippen LogP contribution in [-0.4, -0.2) is 85.6 Å². The van der Waals surface area contributed by atoms with Crippen LogP contribution in [0.3, 0.4) is 0 Å². The maximum atomic E-state index is 12.4. The van der Waals surface area contributed by atoms with Crippen molar-refractivity contribution in [3.05, 3.63) is 34.9 Å². The first-order valence-electron chi connectivity index (χ1n) is 10.7. The van der Waals surface area contributed by atoms with Gasteiger partial charge in [-0.25, -0.2) is 8.78 Å². The van der Waals surface area contributed by atoms with E-state index in [9.17, 15) is 23.9 Å². The third kappa shape index (κ3) is 8.07. The first kappa shape index (κ1) is 26.7. The van der Waals surface area contributed by atoms with Gasteiger partial charge in [-0.2, -0.15) is 5.26 Å². The van der Waals surface area contributed by atoms with Crippen molar-refractivity contribution in [2.24, 2.45) is 0 Å². The molecule has 1 aliphatic heterocycles. The van der Waals surface area contributed by atoms with E-state index in [0.717, 1.165) is 18.0 Å². The lowest BCUT2D eigenvalue weighted by molar-refractivity contribution is -0.117. The largest absolute Gasteiger partial charge is 0.492 e. The molecule has 182 valence electrons. The third-order valence-corrected chi connectivity index (χ3v) is 6.35. The Labute approximate surface area is 197 Å². The molecule has 1 amide bonds. The van der Waals surface area contributed by atoms with Crippen molar-refractivity contribution in [1.29, 1.82) is 5.26 Å². The Morgan fingerprint density at radius 2 is 2.06 bits per heavy atom. The minimum Gasteiger partial charge on any atom is -0.492 e. The predicted octanol–water partition coefficient (Wildman–Crippen LogP) is 2.30. The van der Waals surface area contributed by atoms with Crippen molar-refractivity contribution < 1.29 is 23.4 Å². The zero-order valence-corrected chi connectivity index (χ0v) is 19.9. The Morgan fingerprint density at radius 1 is 1.36 bits per heavy atom. The van der Waals surface area contributed by atoms with Crippen LogP contribution in [0.5, 0.6) is 5.75 Å². The lowest BCUT2D eigenvalue weighted by Gasteiger charge is -2.23. The Kier molecular flexibility index (Phi) is 10.7. The van der Waals surface area contributed by atoms with Gasteiger partial charge >= 0.3 is 0 Å². The number of nitrogens with one attached hydrogen (secondary N) is 2. The highest BCUT2D eigenvalue weighted by Gasteiger charge is 2.38. The molecule has 1 aromatic rings. The van der Waals surface area contributed by atoms with Gasteiger partial charge in [0.25, 0.3) is 12.3 Å². The number of carbonyl (C=O) groups is 1. The second kappa shape index (κ2) is 13.2. The highest BCUT2D eigenvalue weighted by atomic mass is 32.2. The van der Waals surface area contributed by atoms with Crippen LogP contribution in [-0.2, 0) is 4.79 Å². The molecule has 2 unspecified atom stereocenters. The summed E-state index contributed by atoms with van der Waals surface area (Å²) in [6, 6.07) is 9.39. The van der Waals surface area contributed by atoms with Crippen LogP contribution in [0.15, 0.2) is 34.9 Å². The van der Waals surface area contributed by atoms with Crippen LogP contribution in [0.4, 0.5) is 14.5 Å². The SMILES string of the molecule is CCN1/C(=C(\C#N)C(=O)NCC(F)F)SC(CCNc2ccc(OCCN(C)C)cc2)C1O. The number of nitriles is 1. The lowest BCUT2D eigenvalue weighted by atomic mass is 10.2. The number of thioether (sulfide) groups is 1. The minimum atomic E-state index is -2.71. The molecule has 0 aromatic heterocycles. The van der Waals surface area contributed by atoms with E-state index in [1.807, 2.05) is 43.3 Å². The predicted molar refractivity (Wildman–Crippen MR) is 125 cm³/mol. The highest BCUT2D eigenvalue weighted by molar-refractivity contribution is 8.04. The molecule has 0 saturated carbocycles. The number of aliphatic hydroxyl groups is 1. The normalized spacial score (nSPS) is 19.5. The average molecular weight is 484 g/mol. The summed E-state index contributed by atoms with van der Waals surface area (Å²) in [7, 11) is 3.97. The molecule has 0 spiro atoms. The monoisotopic (exact) mass is 483 g/mol. The van der Waals surface area contributed by atoms with E-state index in [2.05, 4.69) is 10.6 Å². The molecule has 1 fully saturated rings. The van der Waals surface area contributed by atoms with Gasteiger partial charge in [-0.15, -0.1) is 0 Å². The smallest absolute Gasteiger partial charge is 0.264 e. The molecular weight excluding hydrogens is 452 g/mol. The minimum absolute atomic E-state index is 0.262. The second-order valence-electron chi connectivity index (χ2n) is 7.64. The molecule has 2 atom stereocenters. The van der Waals surface area contributed by atoms with Gasteiger partial charge in [0.1, 0.15) is 30.2 Å². The van der Waals surface area contributed by atoms with Crippen molar-refractivity contribution in [2.45, 2.75) is 31.2 Å². The molecule has 1 aromatic carbocycles. The zero-order valence-electron chi connectivity index (χ0n) is 19.1. The Balaban J connectivity index is 1.93. The summed E-state index contributed by atoms with van der Waals surface area (Å²) in [5, 5.41) is 25.5. The number of carbonyl (C=O) groups excluding carboxylic acids is 1. The maximum absolute atomic E-state index is 12.4. The maximum Gasteiger partial charge on any atom is 0.264 e. The number of halogens is 2. The van der Waals surface area contributed by atoms with E-state index >= 15 is 0 Å². The summed E-state index contributed by atoms with van der Waals surface area (Å²) in [6.45, 7) is 3.32. The lowest BCUT2D eigenvalue weighted by Crippen LogP contribution is -2.36. The van der Waals surface area contributed by atoms with Crippen molar-refractivity contribution in [2.75, 3.05) is 52.2 Å². The van der Waals surface area contributed by atoms with Crippen LogP contribution in [0.2, 0.25) is 0 Å². The summed E-state index contributed by atoms with van der Waals surface area (Å²) in [4.78, 5) is 15.8. The number of hydrogen-bond acceptors (Lipinski definition) is 8. The van der Waals surface area contributed by atoms with Crippen LogP contribution in [0, 0.1) is 11.3 Å². The van der Waals surface area contributed by atoms with E-state index < -0.39 is 25.1 Å². The first-order chi connectivity index (χ1) is 15.8. The molecule has 2 rings (SSSR count). The van der Waals surface area contributed by atoms with E-state index in [1.165, 1.54) is 11.8 Å². The third-order valence-electron chi connectivity index (χ3n) is 4.91. The molecule has 0 radical (unpaired) electrons. The van der Waals surface area contributed by atoms with Crippen molar-refractivity contribution in [3.8, 4) is 11.8 Å². The van der Waals surface area contributed by atoms with Crippen LogP contribution in [0.1, 0.15) is 13.3 Å². The molecule has 0 aliphatic carbocycles. The molecule has 8 nitrogen and oxygen atoms in total. The van der Waals surface area contributed by atoms with Gasteiger partial charge in [-0.05, 0) is 51.7 Å². The average Bonchev–Trinajstić information content (AvgIpc) is 3.08. The molecule has 3 N–H and O–H groups in total.